The van der Waals surface area contributed by atoms with Gasteiger partial charge in [-0.2, -0.15) is 0 Å². The molecule has 3 atom stereocenters. The van der Waals surface area contributed by atoms with Gasteiger partial charge in [-0.1, -0.05) is 29.6 Å². The smallest absolute Gasteiger partial charge is 0.223 e. The number of halogens is 3. The van der Waals surface area contributed by atoms with Crippen LogP contribution in [0.25, 0.3) is 0 Å². The topological polar surface area (TPSA) is 75.4 Å². The zero-order valence-electron chi connectivity index (χ0n) is 12.1. The van der Waals surface area contributed by atoms with Crippen LogP contribution >= 0.6 is 35.6 Å². The molecule has 0 bridgehead atoms. The van der Waals surface area contributed by atoms with E-state index in [2.05, 4.69) is 5.32 Å². The Labute approximate surface area is 146 Å². The van der Waals surface area contributed by atoms with Crippen molar-refractivity contribution in [1.29, 1.82) is 0 Å². The molecule has 4 N–H and O–H groups in total. The van der Waals surface area contributed by atoms with Gasteiger partial charge in [-0.05, 0) is 43.0 Å². The lowest BCUT2D eigenvalue weighted by Gasteiger charge is -2.26. The molecule has 1 aliphatic rings. The van der Waals surface area contributed by atoms with E-state index in [4.69, 9.17) is 28.9 Å². The summed E-state index contributed by atoms with van der Waals surface area (Å²) in [4.78, 5) is 12.1. The highest BCUT2D eigenvalue weighted by atomic mass is 35.5. The van der Waals surface area contributed by atoms with E-state index in [0.29, 0.717) is 22.0 Å². The molecule has 1 saturated carbocycles. The average Bonchev–Trinajstić information content (AvgIpc) is 2.43. The molecule has 1 aromatic rings. The van der Waals surface area contributed by atoms with E-state index in [0.717, 1.165) is 19.3 Å². The maximum absolute atomic E-state index is 12.1. The Kier molecular flexibility index (Phi) is 7.94. The monoisotopic (exact) mass is 366 g/mol. The van der Waals surface area contributed by atoms with Gasteiger partial charge in [-0.25, -0.2) is 0 Å². The van der Waals surface area contributed by atoms with Crippen molar-refractivity contribution in [2.75, 3.05) is 6.54 Å². The van der Waals surface area contributed by atoms with Crippen LogP contribution in [0.5, 0.6) is 0 Å². The summed E-state index contributed by atoms with van der Waals surface area (Å²) >= 11 is 11.8. The van der Waals surface area contributed by atoms with Gasteiger partial charge in [0.25, 0.3) is 0 Å². The van der Waals surface area contributed by atoms with Crippen molar-refractivity contribution >= 4 is 41.5 Å². The van der Waals surface area contributed by atoms with Gasteiger partial charge < -0.3 is 16.2 Å². The second kappa shape index (κ2) is 8.94. The van der Waals surface area contributed by atoms with E-state index in [1.807, 2.05) is 0 Å². The largest absolute Gasteiger partial charge is 0.387 e. The Morgan fingerprint density at radius 2 is 1.95 bits per heavy atom. The number of rotatable bonds is 4. The predicted molar refractivity (Wildman–Crippen MR) is 91.6 cm³/mol. The zero-order valence-corrected chi connectivity index (χ0v) is 14.4. The molecule has 1 aromatic carbocycles. The summed E-state index contributed by atoms with van der Waals surface area (Å²) in [6, 6.07) is 4.98. The van der Waals surface area contributed by atoms with E-state index in [-0.39, 0.29) is 36.8 Å². The standard InChI is InChI=1S/C15H20Cl2N2O2.ClH/c16-11-4-10(5-12(17)7-11)14(20)8-19-15(21)9-2-1-3-13(18)6-9;/h4-5,7,9,13-14,20H,1-3,6,8,18H2,(H,19,21);1H. The van der Waals surface area contributed by atoms with Crippen molar-refractivity contribution < 1.29 is 9.90 Å². The first kappa shape index (κ1) is 19.5. The fourth-order valence-corrected chi connectivity index (χ4v) is 3.24. The van der Waals surface area contributed by atoms with Crippen molar-refractivity contribution in [3.05, 3.63) is 33.8 Å². The number of aliphatic hydroxyl groups excluding tert-OH is 1. The fourth-order valence-electron chi connectivity index (χ4n) is 2.69. The number of carbonyl (C=O) groups is 1. The minimum absolute atomic E-state index is 0. The molecule has 1 fully saturated rings. The number of carbonyl (C=O) groups excluding carboxylic acids is 1. The second-order valence-corrected chi connectivity index (χ2v) is 6.46. The van der Waals surface area contributed by atoms with Crippen LogP contribution in [-0.2, 0) is 4.79 Å². The quantitative estimate of drug-likeness (QED) is 0.765. The number of nitrogens with two attached hydrogens (primary N) is 1. The molecule has 1 aliphatic carbocycles. The Bertz CT molecular complexity index is 493. The maximum atomic E-state index is 12.1. The van der Waals surface area contributed by atoms with Gasteiger partial charge >= 0.3 is 0 Å². The van der Waals surface area contributed by atoms with Crippen molar-refractivity contribution in [3.63, 3.8) is 0 Å². The third-order valence-electron chi connectivity index (χ3n) is 3.82. The SMILES string of the molecule is Cl.NC1CCCC(C(=O)NCC(O)c2cc(Cl)cc(Cl)c2)C1. The van der Waals surface area contributed by atoms with E-state index in [1.54, 1.807) is 18.2 Å². The molecule has 0 saturated heterocycles. The first-order valence-electron chi connectivity index (χ1n) is 7.13. The second-order valence-electron chi connectivity index (χ2n) is 5.59. The summed E-state index contributed by atoms with van der Waals surface area (Å²) in [6.07, 6.45) is 2.70. The van der Waals surface area contributed by atoms with Crippen molar-refractivity contribution in [2.24, 2.45) is 11.7 Å². The number of nitrogens with one attached hydrogen (secondary N) is 1. The third-order valence-corrected chi connectivity index (χ3v) is 4.26. The minimum Gasteiger partial charge on any atom is -0.387 e. The lowest BCUT2D eigenvalue weighted by molar-refractivity contribution is -0.126. The molecule has 2 rings (SSSR count). The molecular weight excluding hydrogens is 347 g/mol. The molecule has 0 spiro atoms. The molecule has 0 heterocycles. The molecule has 22 heavy (non-hydrogen) atoms. The van der Waals surface area contributed by atoms with Crippen molar-refractivity contribution in [2.45, 2.75) is 37.8 Å². The summed E-state index contributed by atoms with van der Waals surface area (Å²) in [7, 11) is 0. The zero-order chi connectivity index (χ0) is 15.4. The number of amides is 1. The van der Waals surface area contributed by atoms with Crippen LogP contribution in [0.1, 0.15) is 37.4 Å². The number of aliphatic hydroxyl groups is 1. The first-order valence-corrected chi connectivity index (χ1v) is 7.88. The Morgan fingerprint density at radius 1 is 1.32 bits per heavy atom. The van der Waals surface area contributed by atoms with Gasteiger partial charge in [0, 0.05) is 28.5 Å². The van der Waals surface area contributed by atoms with Crippen LogP contribution in [0.2, 0.25) is 10.0 Å². The number of hydrogen-bond acceptors (Lipinski definition) is 3. The Balaban J connectivity index is 0.00000242. The molecule has 7 heteroatoms. The van der Waals surface area contributed by atoms with Crippen molar-refractivity contribution in [1.82, 2.24) is 5.32 Å². The summed E-state index contributed by atoms with van der Waals surface area (Å²) in [6.45, 7) is 0.140. The maximum Gasteiger partial charge on any atom is 0.223 e. The van der Waals surface area contributed by atoms with Gasteiger partial charge in [-0.15, -0.1) is 12.4 Å². The third kappa shape index (κ3) is 5.60. The highest BCUT2D eigenvalue weighted by molar-refractivity contribution is 6.34. The van der Waals surface area contributed by atoms with Gasteiger partial charge in [-0.3, -0.25) is 4.79 Å². The molecule has 0 aromatic heterocycles. The van der Waals surface area contributed by atoms with Gasteiger partial charge in [0.2, 0.25) is 5.91 Å². The molecular formula is C15H21Cl3N2O2. The van der Waals surface area contributed by atoms with E-state index in [1.165, 1.54) is 0 Å². The Morgan fingerprint density at radius 3 is 2.55 bits per heavy atom. The van der Waals surface area contributed by atoms with Gasteiger partial charge in [0.1, 0.15) is 0 Å². The van der Waals surface area contributed by atoms with Gasteiger partial charge in [0.05, 0.1) is 6.10 Å². The number of benzene rings is 1. The molecule has 1 amide bonds. The van der Waals surface area contributed by atoms with Crippen LogP contribution in [0.15, 0.2) is 18.2 Å². The lowest BCUT2D eigenvalue weighted by Crippen LogP contribution is -2.39. The van der Waals surface area contributed by atoms with Crippen LogP contribution in [0.4, 0.5) is 0 Å². The molecule has 0 radical (unpaired) electrons. The lowest BCUT2D eigenvalue weighted by atomic mass is 9.85. The summed E-state index contributed by atoms with van der Waals surface area (Å²) in [5, 5.41) is 13.8. The predicted octanol–water partition coefficient (Wildman–Crippen LogP) is 3.08. The summed E-state index contributed by atoms with van der Waals surface area (Å²) in [5.74, 6) is -0.0961. The molecule has 124 valence electrons. The normalized spacial score (nSPS) is 22.5. The van der Waals surface area contributed by atoms with Crippen LogP contribution in [0.3, 0.4) is 0 Å². The molecule has 4 nitrogen and oxygen atoms in total. The highest BCUT2D eigenvalue weighted by Gasteiger charge is 2.25. The minimum atomic E-state index is -0.831. The summed E-state index contributed by atoms with van der Waals surface area (Å²) < 4.78 is 0. The van der Waals surface area contributed by atoms with Crippen molar-refractivity contribution in [3.8, 4) is 0 Å². The van der Waals surface area contributed by atoms with E-state index < -0.39 is 6.10 Å². The van der Waals surface area contributed by atoms with E-state index in [9.17, 15) is 9.90 Å². The number of hydrogen-bond donors (Lipinski definition) is 3. The van der Waals surface area contributed by atoms with E-state index >= 15 is 0 Å². The first-order chi connectivity index (χ1) is 9.95. The Hall–Kier alpha value is -0.520. The molecule has 0 aliphatic heterocycles. The van der Waals surface area contributed by atoms with Crippen LogP contribution in [-0.4, -0.2) is 23.6 Å². The average molecular weight is 368 g/mol. The van der Waals surface area contributed by atoms with Crippen LogP contribution in [0, 0.1) is 5.92 Å². The summed E-state index contributed by atoms with van der Waals surface area (Å²) in [5.41, 5.74) is 6.48. The molecule has 3 unspecified atom stereocenters. The highest BCUT2D eigenvalue weighted by Crippen LogP contribution is 2.25. The van der Waals surface area contributed by atoms with Gasteiger partial charge in [0.15, 0.2) is 0 Å². The van der Waals surface area contributed by atoms with Crippen LogP contribution < -0.4 is 11.1 Å². The fraction of sp³-hybridized carbons (Fsp3) is 0.533.